The molecule has 0 fully saturated rings. The monoisotopic (exact) mass is 460 g/mol. The summed E-state index contributed by atoms with van der Waals surface area (Å²) in [6, 6.07) is 24.2. The third-order valence-electron chi connectivity index (χ3n) is 6.86. The summed E-state index contributed by atoms with van der Waals surface area (Å²) in [5, 5.41) is 0. The summed E-state index contributed by atoms with van der Waals surface area (Å²) in [5.74, 6) is 0. The highest BCUT2D eigenvalue weighted by molar-refractivity contribution is 5.85. The summed E-state index contributed by atoms with van der Waals surface area (Å²) in [5.41, 5.74) is 11.4. The Labute approximate surface area is 209 Å². The van der Waals surface area contributed by atoms with E-state index in [0.29, 0.717) is 0 Å². The van der Waals surface area contributed by atoms with Gasteiger partial charge < -0.3 is 4.90 Å². The molecule has 0 amide bonds. The highest BCUT2D eigenvalue weighted by Gasteiger charge is 2.26. The van der Waals surface area contributed by atoms with E-state index in [2.05, 4.69) is 116 Å². The van der Waals surface area contributed by atoms with Gasteiger partial charge >= 0.3 is 0 Å². The highest BCUT2D eigenvalue weighted by atomic mass is 15.1. The molecule has 35 heavy (non-hydrogen) atoms. The van der Waals surface area contributed by atoms with Crippen molar-refractivity contribution in [3.8, 4) is 22.5 Å². The first-order valence-corrected chi connectivity index (χ1v) is 12.7. The van der Waals surface area contributed by atoms with Crippen molar-refractivity contribution in [1.29, 1.82) is 0 Å². The van der Waals surface area contributed by atoms with Crippen LogP contribution in [-0.4, -0.2) is 19.1 Å². The number of rotatable bonds is 6. The van der Waals surface area contributed by atoms with E-state index in [1.165, 1.54) is 44.8 Å². The van der Waals surface area contributed by atoms with E-state index in [-0.39, 0.29) is 0 Å². The molecule has 0 saturated carbocycles. The Morgan fingerprint density at radius 2 is 1.74 bits per heavy atom. The van der Waals surface area contributed by atoms with Crippen LogP contribution in [0.2, 0.25) is 0 Å². The molecule has 1 aliphatic rings. The Hall–Kier alpha value is -3.72. The van der Waals surface area contributed by atoms with E-state index >= 15 is 0 Å². The van der Waals surface area contributed by atoms with E-state index < -0.39 is 0 Å². The molecule has 5 rings (SSSR count). The maximum Gasteiger partial charge on any atom is 0.213 e. The summed E-state index contributed by atoms with van der Waals surface area (Å²) in [6.07, 6.45) is 13.0. The average Bonchev–Trinajstić information content (AvgIpc) is 3.07. The fourth-order valence-electron chi connectivity index (χ4n) is 5.06. The maximum atomic E-state index is 4.90. The average molecular weight is 461 g/mol. The molecular formula is C32H34N3+. The van der Waals surface area contributed by atoms with Gasteiger partial charge in [0.15, 0.2) is 6.20 Å². The van der Waals surface area contributed by atoms with E-state index in [4.69, 9.17) is 4.98 Å². The number of aryl methyl sites for hydroxylation is 3. The van der Waals surface area contributed by atoms with E-state index in [1.807, 2.05) is 6.20 Å². The van der Waals surface area contributed by atoms with Crippen molar-refractivity contribution in [3.05, 3.63) is 101 Å². The SMILES string of the molecule is CCCc1ccc2c(c1-c1cc(/C=C/c3ccc(N(C)C)cc3)ccn1)-c1cccc[n+]1CCC2. The van der Waals surface area contributed by atoms with Crippen molar-refractivity contribution in [2.24, 2.45) is 0 Å². The van der Waals surface area contributed by atoms with Crippen molar-refractivity contribution in [2.45, 2.75) is 39.2 Å². The molecule has 2 aromatic heterocycles. The lowest BCUT2D eigenvalue weighted by Gasteiger charge is -2.16. The van der Waals surface area contributed by atoms with Crippen LogP contribution in [0.25, 0.3) is 34.7 Å². The van der Waals surface area contributed by atoms with Crippen molar-refractivity contribution >= 4 is 17.8 Å². The lowest BCUT2D eigenvalue weighted by atomic mass is 9.88. The Bertz CT molecular complexity index is 1350. The predicted molar refractivity (Wildman–Crippen MR) is 147 cm³/mol. The number of fused-ring (bicyclic) bond motifs is 3. The van der Waals surface area contributed by atoms with Gasteiger partial charge in [-0.2, -0.15) is 4.57 Å². The second kappa shape index (κ2) is 10.3. The minimum Gasteiger partial charge on any atom is -0.378 e. The van der Waals surface area contributed by atoms with Crippen LogP contribution in [0.4, 0.5) is 5.69 Å². The van der Waals surface area contributed by atoms with Crippen molar-refractivity contribution in [3.63, 3.8) is 0 Å². The molecule has 3 heteroatoms. The van der Waals surface area contributed by atoms with Gasteiger partial charge in [0.25, 0.3) is 0 Å². The van der Waals surface area contributed by atoms with Crippen molar-refractivity contribution < 1.29 is 4.57 Å². The van der Waals surface area contributed by atoms with Crippen LogP contribution in [0.15, 0.2) is 79.1 Å². The Kier molecular flexibility index (Phi) is 6.76. The number of nitrogens with zero attached hydrogens (tertiary/aromatic N) is 3. The fraction of sp³-hybridized carbons (Fsp3) is 0.250. The first kappa shape index (κ1) is 23.0. The second-order valence-electron chi connectivity index (χ2n) is 9.56. The van der Waals surface area contributed by atoms with Gasteiger partial charge in [-0.1, -0.05) is 49.8 Å². The summed E-state index contributed by atoms with van der Waals surface area (Å²) in [6.45, 7) is 3.31. The molecule has 3 nitrogen and oxygen atoms in total. The number of anilines is 1. The molecule has 0 radical (unpaired) electrons. The first-order chi connectivity index (χ1) is 17.1. The largest absolute Gasteiger partial charge is 0.378 e. The van der Waals surface area contributed by atoms with Crippen LogP contribution in [0.5, 0.6) is 0 Å². The van der Waals surface area contributed by atoms with Gasteiger partial charge in [-0.15, -0.1) is 0 Å². The lowest BCUT2D eigenvalue weighted by molar-refractivity contribution is -0.686. The van der Waals surface area contributed by atoms with Crippen LogP contribution in [0, 0.1) is 0 Å². The normalized spacial score (nSPS) is 12.8. The topological polar surface area (TPSA) is 20.0 Å². The van der Waals surface area contributed by atoms with Gasteiger partial charge in [0, 0.05) is 50.1 Å². The third kappa shape index (κ3) is 4.90. The van der Waals surface area contributed by atoms with Crippen molar-refractivity contribution in [2.75, 3.05) is 19.0 Å². The Balaban J connectivity index is 1.59. The molecular weight excluding hydrogens is 426 g/mol. The lowest BCUT2D eigenvalue weighted by Crippen LogP contribution is -2.35. The van der Waals surface area contributed by atoms with Crippen molar-refractivity contribution in [1.82, 2.24) is 4.98 Å². The van der Waals surface area contributed by atoms with Gasteiger partial charge in [-0.25, -0.2) is 0 Å². The molecule has 1 aliphatic heterocycles. The van der Waals surface area contributed by atoms with E-state index in [1.54, 1.807) is 0 Å². The molecule has 0 bridgehead atoms. The first-order valence-electron chi connectivity index (χ1n) is 12.7. The highest BCUT2D eigenvalue weighted by Crippen LogP contribution is 2.38. The minimum absolute atomic E-state index is 1.05. The number of hydrogen-bond acceptors (Lipinski definition) is 2. The zero-order valence-corrected chi connectivity index (χ0v) is 21.0. The van der Waals surface area contributed by atoms with E-state index in [0.717, 1.165) is 37.9 Å². The maximum absolute atomic E-state index is 4.90. The standard InChI is InChI=1S/C32H34N3/c1-4-8-26-15-16-27-9-7-22-35-21-6-5-10-30(35)32(27)31(26)29-23-25(19-20-33-29)12-11-24-13-17-28(18-14-24)34(2)3/h5-6,10-21,23H,4,7-9,22H2,1-3H3/q+1/b12-11+. The van der Waals surface area contributed by atoms with Gasteiger partial charge in [-0.05, 0) is 65.4 Å². The quantitative estimate of drug-likeness (QED) is 0.294. The Morgan fingerprint density at radius 3 is 2.54 bits per heavy atom. The van der Waals surface area contributed by atoms with Gasteiger partial charge in [0.05, 0.1) is 11.3 Å². The second-order valence-corrected chi connectivity index (χ2v) is 9.56. The van der Waals surface area contributed by atoms with Crippen LogP contribution in [0.3, 0.4) is 0 Å². The molecule has 0 atom stereocenters. The number of hydrogen-bond donors (Lipinski definition) is 0. The predicted octanol–water partition coefficient (Wildman–Crippen LogP) is 6.84. The number of pyridine rings is 2. The van der Waals surface area contributed by atoms with Gasteiger partial charge in [-0.3, -0.25) is 4.98 Å². The molecule has 0 saturated heterocycles. The van der Waals surface area contributed by atoms with Gasteiger partial charge in [0.2, 0.25) is 5.69 Å². The summed E-state index contributed by atoms with van der Waals surface area (Å²) < 4.78 is 2.41. The third-order valence-corrected chi connectivity index (χ3v) is 6.86. The molecule has 4 aromatic rings. The molecule has 0 unspecified atom stereocenters. The van der Waals surface area contributed by atoms with Crippen LogP contribution < -0.4 is 9.47 Å². The molecule has 0 N–H and O–H groups in total. The summed E-state index contributed by atoms with van der Waals surface area (Å²) in [4.78, 5) is 7.02. The van der Waals surface area contributed by atoms with Crippen LogP contribution in [-0.2, 0) is 19.4 Å². The number of benzene rings is 2. The minimum atomic E-state index is 1.05. The molecule has 176 valence electrons. The zero-order valence-electron chi connectivity index (χ0n) is 21.0. The van der Waals surface area contributed by atoms with E-state index in [9.17, 15) is 0 Å². The Morgan fingerprint density at radius 1 is 0.914 bits per heavy atom. The summed E-state index contributed by atoms with van der Waals surface area (Å²) >= 11 is 0. The molecule has 2 aromatic carbocycles. The molecule has 0 spiro atoms. The summed E-state index contributed by atoms with van der Waals surface area (Å²) in [7, 11) is 4.13. The fourth-order valence-corrected chi connectivity index (χ4v) is 5.06. The molecule has 3 heterocycles. The van der Waals surface area contributed by atoms with Gasteiger partial charge in [0.1, 0.15) is 6.54 Å². The number of aromatic nitrogens is 2. The van der Waals surface area contributed by atoms with Crippen LogP contribution in [0.1, 0.15) is 42.0 Å². The molecule has 0 aliphatic carbocycles. The smallest absolute Gasteiger partial charge is 0.213 e. The zero-order chi connectivity index (χ0) is 24.2. The van der Waals surface area contributed by atoms with Crippen LogP contribution >= 0.6 is 0 Å².